The maximum Gasteiger partial charge on any atom is 0.306 e. The average molecular weight is 1290 g/mol. The van der Waals surface area contributed by atoms with Crippen LogP contribution in [-0.2, 0) is 48.7 Å². The highest BCUT2D eigenvalue weighted by Gasteiger charge is 2.52. The molecule has 16 nitrogen and oxygen atoms in total. The number of benzene rings is 6. The molecule has 0 bridgehead atoms. The van der Waals surface area contributed by atoms with Crippen LogP contribution in [0.2, 0.25) is 20.1 Å². The number of carboxylic acids is 2. The Labute approximate surface area is 522 Å². The van der Waals surface area contributed by atoms with Crippen LogP contribution in [0.3, 0.4) is 0 Å². The number of hydrogen-bond donors (Lipinski definition) is 2. The molecular formula is C64H68Cl4N4O12S2. The highest BCUT2D eigenvalue weighted by atomic mass is 35.5. The van der Waals surface area contributed by atoms with Gasteiger partial charge in [-0.3, -0.25) is 27.8 Å². The van der Waals surface area contributed by atoms with E-state index in [2.05, 4.69) is 0 Å². The Morgan fingerprint density at radius 3 is 1.12 bits per heavy atom. The summed E-state index contributed by atoms with van der Waals surface area (Å²) in [6, 6.07) is 43.2. The Hall–Kier alpha value is -6.22. The monoisotopic (exact) mass is 1290 g/mol. The molecule has 0 spiro atoms. The topological polar surface area (TPSA) is 208 Å². The van der Waals surface area contributed by atoms with Crippen LogP contribution < -0.4 is 8.61 Å². The second-order valence-electron chi connectivity index (χ2n) is 22.7. The number of amides is 2. The summed E-state index contributed by atoms with van der Waals surface area (Å²) in [6.07, 6.45) is -2.95. The number of aliphatic carboxylic acids is 2. The zero-order valence-electron chi connectivity index (χ0n) is 47.7. The van der Waals surface area contributed by atoms with Crippen LogP contribution in [0.15, 0.2) is 158 Å². The number of ether oxygens (including phenoxy) is 2. The standard InChI is InChI=1S/2C32H34Cl2N2O6S/c2*1-20(2)27(19-35(25-9-4-3-5-10-25)43(40,41)26-15-16-26)36-30(21-11-13-23(33)14-12-21)31(22-7-6-8-24(34)17-22)42-28(32(36)39)18-29(37)38/h2*3-14,17,20,26-28,30-31H,15-16,18-19H2,1-2H3,(H,37,38)/t27-,28+,30?,31+;27-,28-,30?,31+/m00/s1. The fraction of sp³-hybridized carbons (Fsp3) is 0.375. The summed E-state index contributed by atoms with van der Waals surface area (Å²) in [7, 11) is -7.44. The maximum atomic E-state index is 14.3. The third-order valence-electron chi connectivity index (χ3n) is 15.9. The van der Waals surface area contributed by atoms with E-state index >= 15 is 0 Å². The minimum Gasteiger partial charge on any atom is -0.481 e. The molecule has 2 unspecified atom stereocenters. The number of carbonyl (C=O) groups excluding carboxylic acids is 2. The van der Waals surface area contributed by atoms with Gasteiger partial charge in [-0.05, 0) is 133 Å². The van der Waals surface area contributed by atoms with Crippen molar-refractivity contribution >= 4 is 102 Å². The number of rotatable bonds is 22. The molecule has 2 N–H and O–H groups in total. The number of carbonyl (C=O) groups is 4. The summed E-state index contributed by atoms with van der Waals surface area (Å²) in [5.41, 5.74) is 3.76. The lowest BCUT2D eigenvalue weighted by molar-refractivity contribution is -0.184. The first-order valence-corrected chi connectivity index (χ1v) is 33.0. The van der Waals surface area contributed by atoms with E-state index in [0.29, 0.717) is 79.4 Å². The van der Waals surface area contributed by atoms with E-state index in [1.165, 1.54) is 8.61 Å². The third-order valence-corrected chi connectivity index (χ3v) is 21.5. The number of carboxylic acid groups (broad SMARTS) is 2. The highest BCUT2D eigenvalue weighted by molar-refractivity contribution is 7.94. The predicted molar refractivity (Wildman–Crippen MR) is 333 cm³/mol. The smallest absolute Gasteiger partial charge is 0.306 e. The molecule has 2 heterocycles. The van der Waals surface area contributed by atoms with Crippen molar-refractivity contribution < 1.29 is 55.7 Å². The van der Waals surface area contributed by atoms with Gasteiger partial charge < -0.3 is 29.5 Å². The van der Waals surface area contributed by atoms with Crippen LogP contribution in [0, 0.1) is 11.8 Å². The lowest BCUT2D eigenvalue weighted by atomic mass is 9.88. The molecule has 86 heavy (non-hydrogen) atoms. The number of anilines is 2. The van der Waals surface area contributed by atoms with Gasteiger partial charge in [-0.2, -0.15) is 0 Å². The van der Waals surface area contributed by atoms with E-state index in [1.807, 2.05) is 52.0 Å². The van der Waals surface area contributed by atoms with Crippen molar-refractivity contribution in [3.63, 3.8) is 0 Å². The van der Waals surface area contributed by atoms with Crippen molar-refractivity contribution in [3.05, 3.63) is 200 Å². The summed E-state index contributed by atoms with van der Waals surface area (Å²) >= 11 is 25.2. The van der Waals surface area contributed by atoms with Gasteiger partial charge in [-0.15, -0.1) is 0 Å². The summed E-state index contributed by atoms with van der Waals surface area (Å²) in [5.74, 6) is -3.84. The van der Waals surface area contributed by atoms with Gasteiger partial charge in [0.05, 0.1) is 72.0 Å². The molecule has 456 valence electrons. The number of para-hydroxylation sites is 2. The first kappa shape index (κ1) is 64.3. The van der Waals surface area contributed by atoms with Gasteiger partial charge in [0.15, 0.2) is 0 Å². The van der Waals surface area contributed by atoms with Gasteiger partial charge in [0, 0.05) is 20.1 Å². The lowest BCUT2D eigenvalue weighted by Gasteiger charge is -2.50. The van der Waals surface area contributed by atoms with Crippen LogP contribution in [0.1, 0.15) is 113 Å². The van der Waals surface area contributed by atoms with Gasteiger partial charge in [0.25, 0.3) is 11.8 Å². The number of sulfonamides is 2. The molecule has 6 aromatic carbocycles. The Morgan fingerprint density at radius 1 is 0.488 bits per heavy atom. The van der Waals surface area contributed by atoms with Crippen molar-refractivity contribution in [2.24, 2.45) is 11.8 Å². The van der Waals surface area contributed by atoms with Crippen LogP contribution >= 0.6 is 46.4 Å². The number of halogens is 4. The van der Waals surface area contributed by atoms with E-state index in [0.717, 1.165) is 0 Å². The average Bonchev–Trinajstić information content (AvgIpc) is 2.29. The zero-order valence-corrected chi connectivity index (χ0v) is 52.3. The minimum atomic E-state index is -3.72. The number of hydrogen-bond acceptors (Lipinski definition) is 10. The van der Waals surface area contributed by atoms with E-state index < -0.39 is 116 Å². The summed E-state index contributed by atoms with van der Waals surface area (Å²) < 4.78 is 70.8. The summed E-state index contributed by atoms with van der Waals surface area (Å²) in [6.45, 7) is 7.69. The lowest BCUT2D eigenvalue weighted by Crippen LogP contribution is -2.59. The van der Waals surface area contributed by atoms with E-state index in [-0.39, 0.29) is 24.9 Å². The molecule has 4 fully saturated rings. The molecule has 6 aromatic rings. The van der Waals surface area contributed by atoms with Crippen LogP contribution in [0.5, 0.6) is 0 Å². The summed E-state index contributed by atoms with van der Waals surface area (Å²) in [4.78, 5) is 55.8. The van der Waals surface area contributed by atoms with Gasteiger partial charge in [-0.25, -0.2) is 16.8 Å². The molecule has 2 aliphatic carbocycles. The van der Waals surface area contributed by atoms with Gasteiger partial charge >= 0.3 is 11.9 Å². The van der Waals surface area contributed by atoms with Crippen molar-refractivity contribution in [2.45, 2.75) is 125 Å². The summed E-state index contributed by atoms with van der Waals surface area (Å²) in [5, 5.41) is 20.4. The van der Waals surface area contributed by atoms with Gasteiger partial charge in [0.1, 0.15) is 24.4 Å². The first-order chi connectivity index (χ1) is 40.9. The van der Waals surface area contributed by atoms with Crippen molar-refractivity contribution in [1.29, 1.82) is 0 Å². The van der Waals surface area contributed by atoms with E-state index in [1.54, 1.807) is 143 Å². The molecule has 8 atom stereocenters. The number of morpholine rings is 2. The molecule has 2 saturated carbocycles. The zero-order chi connectivity index (χ0) is 61.8. The van der Waals surface area contributed by atoms with Crippen LogP contribution in [0.25, 0.3) is 0 Å². The minimum absolute atomic E-state index is 0.0155. The molecule has 10 rings (SSSR count). The normalized spacial score (nSPS) is 21.6. The number of nitrogens with zero attached hydrogens (tertiary/aromatic N) is 4. The Kier molecular flexibility index (Phi) is 20.5. The predicted octanol–water partition coefficient (Wildman–Crippen LogP) is 13.0. The molecule has 2 amide bonds. The van der Waals surface area contributed by atoms with E-state index in [4.69, 9.17) is 55.9 Å². The van der Waals surface area contributed by atoms with Crippen LogP contribution in [-0.4, -0.2) is 108 Å². The van der Waals surface area contributed by atoms with Crippen molar-refractivity contribution in [3.8, 4) is 0 Å². The first-order valence-electron chi connectivity index (χ1n) is 28.5. The molecule has 0 aromatic heterocycles. The molecule has 22 heteroatoms. The maximum absolute atomic E-state index is 14.3. The van der Waals surface area contributed by atoms with Gasteiger partial charge in [0.2, 0.25) is 20.0 Å². The fourth-order valence-corrected chi connectivity index (χ4v) is 15.7. The Bertz CT molecular complexity index is 3360. The molecule has 2 saturated heterocycles. The Balaban J connectivity index is 0.000000205. The largest absolute Gasteiger partial charge is 0.481 e. The molecular weight excluding hydrogens is 1220 g/mol. The van der Waals surface area contributed by atoms with Crippen molar-refractivity contribution in [1.82, 2.24) is 9.80 Å². The Morgan fingerprint density at radius 2 is 0.826 bits per heavy atom. The second-order valence-corrected chi connectivity index (χ2v) is 28.7. The highest BCUT2D eigenvalue weighted by Crippen LogP contribution is 2.48. The molecule has 2 aliphatic heterocycles. The van der Waals surface area contributed by atoms with Crippen molar-refractivity contribution in [2.75, 3.05) is 21.7 Å². The fourth-order valence-electron chi connectivity index (χ4n) is 11.3. The SMILES string of the molecule is CC(C)[C@H](CN(c1ccccc1)S(=O)(=O)C1CC1)N1C(=O)[C@@H](CC(=O)O)O[C@H](c2cccc(Cl)c2)C1c1ccc(Cl)cc1.CC(C)[C@H](CN(c1ccccc1)S(=O)(=O)C1CC1)N1C(=O)[C@H](CC(=O)O)O[C@H](c2cccc(Cl)c2)C1c1ccc(Cl)cc1. The third kappa shape index (κ3) is 14.8. The molecule has 0 radical (unpaired) electrons. The van der Waals surface area contributed by atoms with Crippen LogP contribution in [0.4, 0.5) is 11.4 Å². The van der Waals surface area contributed by atoms with E-state index in [9.17, 15) is 46.2 Å². The quantitative estimate of drug-likeness (QED) is 0.0651. The van der Waals surface area contributed by atoms with Gasteiger partial charge in [-0.1, -0.05) is 159 Å². The molecule has 4 aliphatic rings. The second kappa shape index (κ2) is 27.4.